The Kier molecular flexibility index (Phi) is 8.07. The van der Waals surface area contributed by atoms with Gasteiger partial charge in [0.15, 0.2) is 4.32 Å². The lowest BCUT2D eigenvalue weighted by Gasteiger charge is -2.14. The zero-order chi connectivity index (χ0) is 24.8. The zero-order valence-corrected chi connectivity index (χ0v) is 21.3. The third-order valence-electron chi connectivity index (χ3n) is 5.04. The van der Waals surface area contributed by atoms with E-state index in [2.05, 4.69) is 5.32 Å². The van der Waals surface area contributed by atoms with Gasteiger partial charge in [-0.25, -0.2) is 0 Å². The molecule has 3 aromatic carbocycles. The molecule has 5 nitrogen and oxygen atoms in total. The van der Waals surface area contributed by atoms with Crippen molar-refractivity contribution in [3.63, 3.8) is 0 Å². The van der Waals surface area contributed by atoms with Crippen molar-refractivity contribution in [3.05, 3.63) is 113 Å². The number of nitrogens with one attached hydrogen (secondary N) is 1. The first-order valence-electron chi connectivity index (χ1n) is 10.7. The molecule has 1 fully saturated rings. The Morgan fingerprint density at radius 1 is 1.00 bits per heavy atom. The Balaban J connectivity index is 1.61. The average molecular weight is 519 g/mol. The zero-order valence-electron chi connectivity index (χ0n) is 18.8. The highest BCUT2D eigenvalue weighted by Gasteiger charge is 2.32. The van der Waals surface area contributed by atoms with Crippen LogP contribution in [-0.2, 0) is 26.1 Å². The molecule has 0 aliphatic carbocycles. The minimum atomic E-state index is -1.40. The first-order valence-corrected chi connectivity index (χ1v) is 13.3. The highest BCUT2D eigenvalue weighted by atomic mass is 32.2. The summed E-state index contributed by atoms with van der Waals surface area (Å²) in [5.74, 6) is -0.0901. The van der Waals surface area contributed by atoms with E-state index in [0.717, 1.165) is 16.7 Å². The van der Waals surface area contributed by atoms with Gasteiger partial charge in [-0.05, 0) is 34.9 Å². The number of carbonyl (C=O) groups excluding carboxylic acids is 2. The van der Waals surface area contributed by atoms with Crippen molar-refractivity contribution in [3.8, 4) is 0 Å². The number of hydrogen-bond donors (Lipinski definition) is 1. The summed E-state index contributed by atoms with van der Waals surface area (Å²) < 4.78 is 13.8. The third-order valence-corrected chi connectivity index (χ3v) is 7.80. The second-order valence-corrected chi connectivity index (χ2v) is 10.8. The molecular formula is C27H22N2O3S3. The second kappa shape index (κ2) is 11.4. The molecule has 1 heterocycles. The van der Waals surface area contributed by atoms with Gasteiger partial charge in [-0.2, -0.15) is 0 Å². The number of hydrogen-bond acceptors (Lipinski definition) is 5. The molecule has 4 rings (SSSR count). The van der Waals surface area contributed by atoms with Gasteiger partial charge >= 0.3 is 0 Å². The van der Waals surface area contributed by atoms with Crippen LogP contribution in [0.4, 0.5) is 5.69 Å². The van der Waals surface area contributed by atoms with Crippen LogP contribution in [0.2, 0.25) is 0 Å². The molecule has 2 amide bonds. The van der Waals surface area contributed by atoms with E-state index in [9.17, 15) is 13.8 Å². The number of carbonyl (C=O) groups is 2. The first-order chi connectivity index (χ1) is 16.9. The van der Waals surface area contributed by atoms with Gasteiger partial charge in [0.25, 0.3) is 5.91 Å². The van der Waals surface area contributed by atoms with Crippen LogP contribution in [0, 0.1) is 0 Å². The van der Waals surface area contributed by atoms with E-state index in [1.165, 1.54) is 23.6 Å². The molecule has 35 heavy (non-hydrogen) atoms. The minimum Gasteiger partial charge on any atom is -0.326 e. The third kappa shape index (κ3) is 6.42. The topological polar surface area (TPSA) is 66.5 Å². The van der Waals surface area contributed by atoms with Crippen LogP contribution in [0.1, 0.15) is 23.6 Å². The fraction of sp³-hybridized carbons (Fsp3) is 0.0741. The lowest BCUT2D eigenvalue weighted by atomic mass is 10.2. The van der Waals surface area contributed by atoms with Crippen molar-refractivity contribution in [2.45, 2.75) is 12.7 Å². The monoisotopic (exact) mass is 518 g/mol. The maximum Gasteiger partial charge on any atom is 0.270 e. The molecule has 1 N–H and O–H groups in total. The van der Waals surface area contributed by atoms with E-state index in [4.69, 9.17) is 12.2 Å². The number of benzene rings is 3. The Morgan fingerprint density at radius 3 is 2.26 bits per heavy atom. The lowest BCUT2D eigenvalue weighted by molar-refractivity contribution is -0.120. The molecule has 176 valence electrons. The van der Waals surface area contributed by atoms with E-state index < -0.39 is 10.8 Å². The molecule has 1 aliphatic rings. The molecule has 1 aliphatic heterocycles. The summed E-state index contributed by atoms with van der Waals surface area (Å²) >= 11 is 6.70. The van der Waals surface area contributed by atoms with E-state index in [0.29, 0.717) is 25.6 Å². The van der Waals surface area contributed by atoms with Crippen LogP contribution >= 0.6 is 24.0 Å². The molecule has 1 atom stereocenters. The van der Waals surface area contributed by atoms with Crippen LogP contribution in [0.5, 0.6) is 0 Å². The van der Waals surface area contributed by atoms with Crippen LogP contribution in [0.15, 0.2) is 96.0 Å². The summed E-state index contributed by atoms with van der Waals surface area (Å²) in [6.07, 6.45) is 3.36. The second-order valence-electron chi connectivity index (χ2n) is 7.69. The molecule has 0 radical (unpaired) electrons. The van der Waals surface area contributed by atoms with Gasteiger partial charge in [0.1, 0.15) is 0 Å². The summed E-state index contributed by atoms with van der Waals surface area (Å²) in [4.78, 5) is 26.8. The minimum absolute atomic E-state index is 0.149. The van der Waals surface area contributed by atoms with Gasteiger partial charge in [-0.15, -0.1) is 0 Å². The molecule has 3 aromatic rings. The maximum atomic E-state index is 13.4. The van der Waals surface area contributed by atoms with E-state index >= 15 is 0 Å². The van der Waals surface area contributed by atoms with Crippen LogP contribution in [0.3, 0.4) is 0 Å². The highest BCUT2D eigenvalue weighted by Crippen LogP contribution is 2.35. The van der Waals surface area contributed by atoms with Crippen LogP contribution in [0.25, 0.3) is 11.0 Å². The number of rotatable bonds is 7. The molecular weight excluding hydrogens is 497 g/mol. The number of anilines is 1. The summed E-state index contributed by atoms with van der Waals surface area (Å²) in [5, 5.41) is 2.72. The Bertz CT molecular complexity index is 1340. The largest absolute Gasteiger partial charge is 0.326 e. The van der Waals surface area contributed by atoms with Gasteiger partial charge in [-0.3, -0.25) is 18.7 Å². The smallest absolute Gasteiger partial charge is 0.270 e. The molecule has 0 aromatic heterocycles. The Labute approximate surface area is 216 Å². The van der Waals surface area contributed by atoms with Gasteiger partial charge < -0.3 is 5.32 Å². The van der Waals surface area contributed by atoms with Crippen LogP contribution in [-0.4, -0.2) is 25.2 Å². The van der Waals surface area contributed by atoms with Gasteiger partial charge in [0.2, 0.25) is 5.91 Å². The Morgan fingerprint density at radius 2 is 1.63 bits per heavy atom. The van der Waals surface area contributed by atoms with E-state index in [1.807, 2.05) is 72.8 Å². The number of thioether (sulfide) groups is 1. The number of amides is 2. The summed E-state index contributed by atoms with van der Waals surface area (Å²) in [6, 6.07) is 26.2. The molecule has 0 bridgehead atoms. The summed E-state index contributed by atoms with van der Waals surface area (Å²) in [6.45, 7) is 1.45. The van der Waals surface area contributed by atoms with Gasteiger partial charge in [-0.1, -0.05) is 96.8 Å². The van der Waals surface area contributed by atoms with Crippen molar-refractivity contribution in [2.24, 2.45) is 0 Å². The highest BCUT2D eigenvalue weighted by molar-refractivity contribution is 8.26. The SMILES string of the molecule is CC(=O)Nc1ccc(/C=C2/SC(=S)N(/C=C(\c3ccccc3)[S@@](=O)Cc3ccccc3)C2=O)cc1. The van der Waals surface area contributed by atoms with E-state index in [1.54, 1.807) is 24.4 Å². The van der Waals surface area contributed by atoms with Crippen molar-refractivity contribution >= 4 is 67.6 Å². The molecule has 8 heteroatoms. The molecule has 0 spiro atoms. The Hall–Kier alpha value is -3.33. The molecule has 1 saturated heterocycles. The first kappa shape index (κ1) is 24.8. The fourth-order valence-electron chi connectivity index (χ4n) is 3.40. The predicted molar refractivity (Wildman–Crippen MR) is 148 cm³/mol. The van der Waals surface area contributed by atoms with Gasteiger partial charge in [0, 0.05) is 18.8 Å². The fourth-order valence-corrected chi connectivity index (χ4v) is 5.88. The van der Waals surface area contributed by atoms with Crippen molar-refractivity contribution in [2.75, 3.05) is 5.32 Å². The summed E-state index contributed by atoms with van der Waals surface area (Å²) in [7, 11) is -1.40. The quantitative estimate of drug-likeness (QED) is 0.317. The van der Waals surface area contributed by atoms with Crippen molar-refractivity contribution in [1.82, 2.24) is 4.90 Å². The lowest BCUT2D eigenvalue weighted by Crippen LogP contribution is -2.22. The average Bonchev–Trinajstić information content (AvgIpc) is 3.11. The van der Waals surface area contributed by atoms with Crippen LogP contribution < -0.4 is 5.32 Å². The standard InChI is InChI=1S/C27H22N2O3S3/c1-19(30)28-23-14-12-20(13-15-23)16-24-26(31)29(27(33)34-24)17-25(22-10-6-3-7-11-22)35(32)18-21-8-4-2-5-9-21/h2-17H,18H2,1H3,(H,28,30)/b24-16+,25-17+/t35-/m0/s1. The molecule has 0 saturated carbocycles. The van der Waals surface area contributed by atoms with Gasteiger partial charge in [0.05, 0.1) is 26.4 Å². The molecule has 0 unspecified atom stereocenters. The maximum absolute atomic E-state index is 13.4. The van der Waals surface area contributed by atoms with E-state index in [-0.39, 0.29) is 11.8 Å². The summed E-state index contributed by atoms with van der Waals surface area (Å²) in [5.41, 5.74) is 3.20. The van der Waals surface area contributed by atoms with Crippen molar-refractivity contribution < 1.29 is 13.8 Å². The number of nitrogens with zero attached hydrogens (tertiary/aromatic N) is 1. The predicted octanol–water partition coefficient (Wildman–Crippen LogP) is 5.79. The normalized spacial score (nSPS) is 16.0. The van der Waals surface area contributed by atoms with Crippen molar-refractivity contribution in [1.29, 1.82) is 0 Å². The number of thiocarbonyl (C=S) groups is 1.